The Morgan fingerprint density at radius 1 is 1.37 bits per heavy atom. The molecule has 0 spiro atoms. The summed E-state index contributed by atoms with van der Waals surface area (Å²) in [6, 6.07) is 8.18. The summed E-state index contributed by atoms with van der Waals surface area (Å²) in [5.41, 5.74) is 1.58. The molecule has 0 radical (unpaired) electrons. The molecule has 0 saturated carbocycles. The summed E-state index contributed by atoms with van der Waals surface area (Å²) in [5, 5.41) is 2.98. The highest BCUT2D eigenvalue weighted by Gasteiger charge is 2.43. The van der Waals surface area contributed by atoms with Gasteiger partial charge in [-0.2, -0.15) is 0 Å². The van der Waals surface area contributed by atoms with Crippen LogP contribution in [0.2, 0.25) is 0 Å². The van der Waals surface area contributed by atoms with Crippen molar-refractivity contribution in [2.24, 2.45) is 11.8 Å². The smallest absolute Gasteiger partial charge is 0.271 e. The predicted molar refractivity (Wildman–Crippen MR) is 99.4 cm³/mol. The van der Waals surface area contributed by atoms with E-state index in [0.29, 0.717) is 30.7 Å². The molecule has 2 aliphatic rings. The minimum atomic E-state index is -0.183. The molecule has 1 amide bonds. The number of likely N-dealkylation sites (tertiary alicyclic amines) is 1. The summed E-state index contributed by atoms with van der Waals surface area (Å²) >= 11 is 0. The molecule has 1 aromatic heterocycles. The zero-order valence-corrected chi connectivity index (χ0v) is 15.4. The molecule has 7 heteroatoms. The molecule has 0 bridgehead atoms. The van der Waals surface area contributed by atoms with Crippen molar-refractivity contribution in [3.05, 3.63) is 54.1 Å². The monoisotopic (exact) mass is 368 g/mol. The highest BCUT2D eigenvalue weighted by atomic mass is 16.5. The predicted octanol–water partition coefficient (Wildman–Crippen LogP) is 1.36. The molecule has 27 heavy (non-hydrogen) atoms. The van der Waals surface area contributed by atoms with Gasteiger partial charge in [-0.1, -0.05) is 12.1 Å². The normalized spacial score (nSPS) is 24.6. The Bertz CT molecular complexity index is 786. The van der Waals surface area contributed by atoms with Crippen molar-refractivity contribution < 1.29 is 14.3 Å². The Morgan fingerprint density at radius 2 is 2.30 bits per heavy atom. The fraction of sp³-hybridized carbons (Fsp3) is 0.450. The van der Waals surface area contributed by atoms with E-state index in [4.69, 9.17) is 9.47 Å². The van der Waals surface area contributed by atoms with Crippen LogP contribution in [0.15, 0.2) is 42.9 Å². The largest absolute Gasteiger partial charge is 0.497 e. The van der Waals surface area contributed by atoms with Crippen LogP contribution in [0.1, 0.15) is 16.1 Å². The van der Waals surface area contributed by atoms with Crippen molar-refractivity contribution in [3.63, 3.8) is 0 Å². The number of hydrogen-bond acceptors (Lipinski definition) is 6. The second-order valence-corrected chi connectivity index (χ2v) is 7.14. The highest BCUT2D eigenvalue weighted by Crippen LogP contribution is 2.34. The highest BCUT2D eigenvalue weighted by molar-refractivity contribution is 5.91. The summed E-state index contributed by atoms with van der Waals surface area (Å²) < 4.78 is 11.3. The van der Waals surface area contributed by atoms with E-state index in [-0.39, 0.29) is 12.0 Å². The number of rotatable bonds is 6. The van der Waals surface area contributed by atoms with E-state index in [1.807, 2.05) is 12.1 Å². The minimum absolute atomic E-state index is 0.183. The van der Waals surface area contributed by atoms with Crippen LogP contribution >= 0.6 is 0 Å². The lowest BCUT2D eigenvalue weighted by molar-refractivity contribution is 0.0901. The van der Waals surface area contributed by atoms with Crippen LogP contribution in [-0.4, -0.2) is 60.2 Å². The molecule has 7 nitrogen and oxygen atoms in total. The van der Waals surface area contributed by atoms with Crippen LogP contribution in [0, 0.1) is 11.8 Å². The topological polar surface area (TPSA) is 76.6 Å². The Hall–Kier alpha value is -2.51. The lowest BCUT2D eigenvalue weighted by Crippen LogP contribution is -2.34. The number of amides is 1. The molecular weight excluding hydrogens is 344 g/mol. The summed E-state index contributed by atoms with van der Waals surface area (Å²) in [7, 11) is 1.69. The van der Waals surface area contributed by atoms with Crippen LogP contribution in [0.3, 0.4) is 0 Å². The maximum atomic E-state index is 12.2. The second kappa shape index (κ2) is 8.02. The summed E-state index contributed by atoms with van der Waals surface area (Å²) in [6.07, 6.45) is 4.81. The van der Waals surface area contributed by atoms with Gasteiger partial charge in [0.15, 0.2) is 0 Å². The molecular formula is C20H24N4O3. The molecule has 2 saturated heterocycles. The summed E-state index contributed by atoms with van der Waals surface area (Å²) in [4.78, 5) is 22.6. The number of fused-ring (bicyclic) bond motifs is 1. The van der Waals surface area contributed by atoms with Crippen LogP contribution in [0.4, 0.5) is 0 Å². The van der Waals surface area contributed by atoms with E-state index in [0.717, 1.165) is 25.4 Å². The molecule has 0 aliphatic carbocycles. The first-order valence-corrected chi connectivity index (χ1v) is 9.24. The van der Waals surface area contributed by atoms with Crippen molar-refractivity contribution in [2.45, 2.75) is 12.6 Å². The van der Waals surface area contributed by atoms with Gasteiger partial charge in [0.05, 0.1) is 26.0 Å². The molecule has 3 atom stereocenters. The lowest BCUT2D eigenvalue weighted by atomic mass is 9.93. The van der Waals surface area contributed by atoms with Crippen LogP contribution in [-0.2, 0) is 11.3 Å². The van der Waals surface area contributed by atoms with Crippen LogP contribution < -0.4 is 10.1 Å². The van der Waals surface area contributed by atoms with E-state index in [1.54, 1.807) is 13.3 Å². The van der Waals surface area contributed by atoms with Gasteiger partial charge in [0.2, 0.25) is 0 Å². The first-order chi connectivity index (χ1) is 13.2. The molecule has 0 unspecified atom stereocenters. The summed E-state index contributed by atoms with van der Waals surface area (Å²) in [5.74, 6) is 1.47. The number of carbonyl (C=O) groups is 1. The maximum Gasteiger partial charge on any atom is 0.271 e. The number of nitrogens with one attached hydrogen (secondary N) is 1. The average molecular weight is 368 g/mol. The molecule has 1 aromatic carbocycles. The van der Waals surface area contributed by atoms with E-state index in [9.17, 15) is 4.79 Å². The average Bonchev–Trinajstić information content (AvgIpc) is 3.27. The Labute approximate surface area is 158 Å². The van der Waals surface area contributed by atoms with E-state index in [2.05, 4.69) is 32.3 Å². The molecule has 4 rings (SSSR count). The first kappa shape index (κ1) is 17.9. The Balaban J connectivity index is 1.31. The molecule has 2 aromatic rings. The fourth-order valence-corrected chi connectivity index (χ4v) is 3.98. The lowest BCUT2D eigenvalue weighted by Gasteiger charge is -2.20. The van der Waals surface area contributed by atoms with Crippen molar-refractivity contribution in [3.8, 4) is 5.75 Å². The van der Waals surface area contributed by atoms with Crippen molar-refractivity contribution in [1.29, 1.82) is 0 Å². The van der Waals surface area contributed by atoms with Gasteiger partial charge in [-0.3, -0.25) is 14.7 Å². The molecule has 2 fully saturated rings. The van der Waals surface area contributed by atoms with Crippen LogP contribution in [0.5, 0.6) is 5.75 Å². The minimum Gasteiger partial charge on any atom is -0.497 e. The van der Waals surface area contributed by atoms with Gasteiger partial charge in [-0.05, 0) is 17.7 Å². The van der Waals surface area contributed by atoms with E-state index >= 15 is 0 Å². The fourth-order valence-electron chi connectivity index (χ4n) is 3.98. The van der Waals surface area contributed by atoms with Crippen LogP contribution in [0.25, 0.3) is 0 Å². The number of aromatic nitrogens is 2. The quantitative estimate of drug-likeness (QED) is 0.830. The zero-order chi connectivity index (χ0) is 18.6. The van der Waals surface area contributed by atoms with Gasteiger partial charge in [0.1, 0.15) is 11.4 Å². The first-order valence-electron chi connectivity index (χ1n) is 9.24. The van der Waals surface area contributed by atoms with Gasteiger partial charge in [0.25, 0.3) is 5.91 Å². The number of carbonyl (C=O) groups excluding carboxylic acids is 1. The molecule has 1 N–H and O–H groups in total. The second-order valence-electron chi connectivity index (χ2n) is 7.14. The third-order valence-electron chi connectivity index (χ3n) is 5.38. The van der Waals surface area contributed by atoms with Crippen molar-refractivity contribution in [1.82, 2.24) is 20.2 Å². The number of nitrogens with zero attached hydrogens (tertiary/aromatic N) is 3. The van der Waals surface area contributed by atoms with Crippen molar-refractivity contribution >= 4 is 5.91 Å². The van der Waals surface area contributed by atoms with E-state index in [1.165, 1.54) is 18.0 Å². The van der Waals surface area contributed by atoms with Gasteiger partial charge < -0.3 is 14.8 Å². The van der Waals surface area contributed by atoms with Gasteiger partial charge in [-0.25, -0.2) is 4.98 Å². The van der Waals surface area contributed by atoms with Gasteiger partial charge in [-0.15, -0.1) is 0 Å². The standard InChI is InChI=1S/C20H24N4O3/c1-26-16-4-2-3-14(7-16)10-24-11-17-15(13-27-19(17)12-24)8-23-20(25)18-9-21-5-6-22-18/h2-7,9,15,17,19H,8,10-13H2,1H3,(H,23,25)/t15-,17+,19+/m1/s1. The zero-order valence-electron chi connectivity index (χ0n) is 15.4. The number of hydrogen-bond donors (Lipinski definition) is 1. The third kappa shape index (κ3) is 4.09. The number of methoxy groups -OCH3 is 1. The molecule has 2 aliphatic heterocycles. The maximum absolute atomic E-state index is 12.2. The third-order valence-corrected chi connectivity index (χ3v) is 5.38. The van der Waals surface area contributed by atoms with Gasteiger partial charge in [0, 0.05) is 50.4 Å². The number of benzene rings is 1. The van der Waals surface area contributed by atoms with Gasteiger partial charge >= 0.3 is 0 Å². The summed E-state index contributed by atoms with van der Waals surface area (Å²) in [6.45, 7) is 4.09. The SMILES string of the molecule is COc1cccc(CN2C[C@H]3[C@H](CNC(=O)c4cnccn4)CO[C@H]3C2)c1. The Kier molecular flexibility index (Phi) is 5.31. The Morgan fingerprint density at radius 3 is 3.11 bits per heavy atom. The molecule has 3 heterocycles. The number of ether oxygens (including phenoxy) is 2. The van der Waals surface area contributed by atoms with E-state index < -0.39 is 0 Å². The van der Waals surface area contributed by atoms with Crippen molar-refractivity contribution in [2.75, 3.05) is 33.4 Å². The molecule has 142 valence electrons.